The second-order valence-corrected chi connectivity index (χ2v) is 8.69. The van der Waals surface area contributed by atoms with Crippen molar-refractivity contribution in [1.29, 1.82) is 0 Å². The molecule has 0 saturated carbocycles. The monoisotopic (exact) mass is 410 g/mol. The fourth-order valence-electron chi connectivity index (χ4n) is 3.88. The largest absolute Gasteiger partial charge is 0.485 e. The van der Waals surface area contributed by atoms with E-state index < -0.39 is 5.60 Å². The van der Waals surface area contributed by atoms with Gasteiger partial charge in [0.2, 0.25) is 0 Å². The molecule has 0 unspecified atom stereocenters. The summed E-state index contributed by atoms with van der Waals surface area (Å²) in [7, 11) is 0. The van der Waals surface area contributed by atoms with E-state index in [1.54, 1.807) is 0 Å². The first kappa shape index (κ1) is 20.7. The molecule has 1 fully saturated rings. The van der Waals surface area contributed by atoms with Crippen molar-refractivity contribution >= 4 is 5.91 Å². The second-order valence-electron chi connectivity index (χ2n) is 8.69. The van der Waals surface area contributed by atoms with Gasteiger partial charge in [-0.3, -0.25) is 9.69 Å². The van der Waals surface area contributed by atoms with Gasteiger partial charge in [0.1, 0.15) is 12.2 Å². The fourth-order valence-corrected chi connectivity index (χ4v) is 3.88. The lowest BCUT2D eigenvalue weighted by atomic mass is 10.0. The molecular formula is C24H30N2O4. The maximum absolute atomic E-state index is 11.9. The topological polar surface area (TPSA) is 71.0 Å². The highest BCUT2D eigenvalue weighted by molar-refractivity contribution is 5.84. The molecule has 0 aliphatic carbocycles. The van der Waals surface area contributed by atoms with Crippen LogP contribution in [0.1, 0.15) is 43.9 Å². The molecule has 2 aromatic rings. The highest BCUT2D eigenvalue weighted by atomic mass is 16.6. The number of likely N-dealkylation sites (tertiary alicyclic amines) is 1. The minimum Gasteiger partial charge on any atom is -0.485 e. The van der Waals surface area contributed by atoms with Crippen LogP contribution < -0.4 is 14.8 Å². The van der Waals surface area contributed by atoms with Gasteiger partial charge in [0, 0.05) is 25.7 Å². The number of piperidine rings is 1. The number of nitrogens with zero attached hydrogens (tertiary/aromatic N) is 1. The smallest absolute Gasteiger partial charge is 0.251 e. The van der Waals surface area contributed by atoms with Crippen molar-refractivity contribution in [3.63, 3.8) is 0 Å². The highest BCUT2D eigenvalue weighted by Crippen LogP contribution is 2.35. The van der Waals surface area contributed by atoms with Gasteiger partial charge in [-0.1, -0.05) is 36.4 Å². The van der Waals surface area contributed by atoms with E-state index in [1.807, 2.05) is 24.3 Å². The zero-order chi connectivity index (χ0) is 21.1. The molecule has 2 aliphatic heterocycles. The van der Waals surface area contributed by atoms with Crippen molar-refractivity contribution in [2.24, 2.45) is 0 Å². The number of fused-ring (bicyclic) bond motifs is 1. The van der Waals surface area contributed by atoms with Gasteiger partial charge in [-0.25, -0.2) is 0 Å². The average molecular weight is 411 g/mol. The standard InChI is InChI=1S/C24H30N2O4/c1-24(2,28)23(27)25-19-11-13-26(14-12-19)15-17-7-9-18(10-8-17)22-16-29-20-5-3-4-6-21(20)30-22/h3-10,19,22,28H,11-16H2,1-2H3,(H,25,27)/t22-/m1/s1. The minimum atomic E-state index is -1.33. The van der Waals surface area contributed by atoms with E-state index in [4.69, 9.17) is 9.47 Å². The lowest BCUT2D eigenvalue weighted by Gasteiger charge is -2.33. The quantitative estimate of drug-likeness (QED) is 0.793. The van der Waals surface area contributed by atoms with Gasteiger partial charge in [0.05, 0.1) is 0 Å². The van der Waals surface area contributed by atoms with Gasteiger partial charge in [0.25, 0.3) is 5.91 Å². The summed E-state index contributed by atoms with van der Waals surface area (Å²) in [6.45, 7) is 6.29. The molecule has 2 aliphatic rings. The molecule has 4 rings (SSSR count). The molecule has 0 radical (unpaired) electrons. The normalized spacial score (nSPS) is 20.0. The maximum Gasteiger partial charge on any atom is 0.251 e. The van der Waals surface area contributed by atoms with E-state index in [0.717, 1.165) is 49.5 Å². The number of para-hydroxylation sites is 2. The van der Waals surface area contributed by atoms with E-state index in [1.165, 1.54) is 19.4 Å². The maximum atomic E-state index is 11.9. The molecule has 1 amide bonds. The Morgan fingerprint density at radius 3 is 2.43 bits per heavy atom. The molecule has 0 bridgehead atoms. The summed E-state index contributed by atoms with van der Waals surface area (Å²) in [5.41, 5.74) is 1.05. The first-order valence-corrected chi connectivity index (χ1v) is 10.6. The summed E-state index contributed by atoms with van der Waals surface area (Å²) in [6, 6.07) is 16.4. The Labute approximate surface area is 177 Å². The Morgan fingerprint density at radius 2 is 1.77 bits per heavy atom. The van der Waals surface area contributed by atoms with Crippen LogP contribution in [0.25, 0.3) is 0 Å². The van der Waals surface area contributed by atoms with Crippen LogP contribution in [0.5, 0.6) is 11.5 Å². The Hall–Kier alpha value is -2.57. The fraction of sp³-hybridized carbons (Fsp3) is 0.458. The van der Waals surface area contributed by atoms with E-state index in [-0.39, 0.29) is 18.1 Å². The number of ether oxygens (including phenoxy) is 2. The molecule has 2 aromatic carbocycles. The molecule has 2 N–H and O–H groups in total. The number of carbonyl (C=O) groups excluding carboxylic acids is 1. The van der Waals surface area contributed by atoms with Crippen molar-refractivity contribution < 1.29 is 19.4 Å². The SMILES string of the molecule is CC(C)(O)C(=O)NC1CCN(Cc2ccc([C@H]3COc4ccccc4O3)cc2)CC1. The van der Waals surface area contributed by atoms with Crippen LogP contribution in [-0.2, 0) is 11.3 Å². The lowest BCUT2D eigenvalue weighted by molar-refractivity contribution is -0.137. The van der Waals surface area contributed by atoms with Crippen LogP contribution in [-0.4, -0.2) is 47.3 Å². The molecule has 6 nitrogen and oxygen atoms in total. The van der Waals surface area contributed by atoms with Crippen LogP contribution >= 0.6 is 0 Å². The summed E-state index contributed by atoms with van der Waals surface area (Å²) in [5.74, 6) is 1.29. The molecule has 30 heavy (non-hydrogen) atoms. The van der Waals surface area contributed by atoms with Crippen LogP contribution in [0.15, 0.2) is 48.5 Å². The van der Waals surface area contributed by atoms with E-state index in [2.05, 4.69) is 34.5 Å². The molecule has 6 heteroatoms. The third-order valence-electron chi connectivity index (χ3n) is 5.74. The van der Waals surface area contributed by atoms with Crippen LogP contribution in [0.3, 0.4) is 0 Å². The number of amides is 1. The average Bonchev–Trinajstić information content (AvgIpc) is 2.74. The zero-order valence-corrected chi connectivity index (χ0v) is 17.6. The number of aliphatic hydroxyl groups is 1. The van der Waals surface area contributed by atoms with Crippen LogP contribution in [0.2, 0.25) is 0 Å². The van der Waals surface area contributed by atoms with E-state index in [0.29, 0.717) is 6.61 Å². The minimum absolute atomic E-state index is 0.0934. The van der Waals surface area contributed by atoms with E-state index in [9.17, 15) is 9.90 Å². The third-order valence-corrected chi connectivity index (χ3v) is 5.74. The Kier molecular flexibility index (Phi) is 5.97. The van der Waals surface area contributed by atoms with Crippen molar-refractivity contribution in [2.45, 2.75) is 51.0 Å². The van der Waals surface area contributed by atoms with Crippen molar-refractivity contribution in [1.82, 2.24) is 10.2 Å². The van der Waals surface area contributed by atoms with Gasteiger partial charge in [0.15, 0.2) is 17.6 Å². The van der Waals surface area contributed by atoms with Crippen molar-refractivity contribution in [3.8, 4) is 11.5 Å². The molecule has 1 atom stereocenters. The third kappa shape index (κ3) is 4.94. The molecule has 2 heterocycles. The molecule has 1 saturated heterocycles. The number of hydrogen-bond acceptors (Lipinski definition) is 5. The number of nitrogens with one attached hydrogen (secondary N) is 1. The second kappa shape index (κ2) is 8.66. The van der Waals surface area contributed by atoms with E-state index >= 15 is 0 Å². The molecular weight excluding hydrogens is 380 g/mol. The summed E-state index contributed by atoms with van der Waals surface area (Å²) in [6.07, 6.45) is 1.70. The van der Waals surface area contributed by atoms with Gasteiger partial charge in [-0.05, 0) is 49.9 Å². The highest BCUT2D eigenvalue weighted by Gasteiger charge is 2.28. The summed E-state index contributed by atoms with van der Waals surface area (Å²) in [4.78, 5) is 14.3. The zero-order valence-electron chi connectivity index (χ0n) is 17.6. The predicted octanol–water partition coefficient (Wildman–Crippen LogP) is 3.05. The first-order valence-electron chi connectivity index (χ1n) is 10.6. The number of carbonyl (C=O) groups is 1. The van der Waals surface area contributed by atoms with Gasteiger partial charge in [-0.2, -0.15) is 0 Å². The summed E-state index contributed by atoms with van der Waals surface area (Å²) < 4.78 is 11.9. The van der Waals surface area contributed by atoms with Gasteiger partial charge in [-0.15, -0.1) is 0 Å². The Balaban J connectivity index is 1.27. The van der Waals surface area contributed by atoms with Crippen molar-refractivity contribution in [3.05, 3.63) is 59.7 Å². The summed E-state index contributed by atoms with van der Waals surface area (Å²) in [5, 5.41) is 12.7. The Morgan fingerprint density at radius 1 is 1.10 bits per heavy atom. The number of rotatable bonds is 5. The van der Waals surface area contributed by atoms with Gasteiger partial charge < -0.3 is 19.9 Å². The first-order chi connectivity index (χ1) is 14.4. The number of hydrogen-bond donors (Lipinski definition) is 2. The molecule has 0 spiro atoms. The van der Waals surface area contributed by atoms with Crippen molar-refractivity contribution in [2.75, 3.05) is 19.7 Å². The van der Waals surface area contributed by atoms with Gasteiger partial charge >= 0.3 is 0 Å². The lowest BCUT2D eigenvalue weighted by Crippen LogP contribution is -2.50. The van der Waals surface area contributed by atoms with Crippen LogP contribution in [0.4, 0.5) is 0 Å². The predicted molar refractivity (Wildman–Crippen MR) is 114 cm³/mol. The molecule has 0 aromatic heterocycles. The number of benzene rings is 2. The van der Waals surface area contributed by atoms with Crippen LogP contribution in [0, 0.1) is 0 Å². The Bertz CT molecular complexity index is 868. The summed E-state index contributed by atoms with van der Waals surface area (Å²) >= 11 is 0. The molecule has 160 valence electrons.